The van der Waals surface area contributed by atoms with Gasteiger partial charge in [-0.15, -0.1) is 0 Å². The van der Waals surface area contributed by atoms with E-state index in [-0.39, 0.29) is 17.8 Å². The van der Waals surface area contributed by atoms with E-state index in [1.54, 1.807) is 24.4 Å². The number of nitrogens with one attached hydrogen (secondary N) is 1. The topological polar surface area (TPSA) is 72.9 Å². The molecule has 3 N–H and O–H groups in total. The fraction of sp³-hybridized carbons (Fsp3) is 0.286. The molecule has 0 aliphatic heterocycles. The highest BCUT2D eigenvalue weighted by Crippen LogP contribution is 2.08. The van der Waals surface area contributed by atoms with Gasteiger partial charge in [-0.3, -0.25) is 4.79 Å². The minimum absolute atomic E-state index is 0.0482. The molecule has 20 heavy (non-hydrogen) atoms. The highest BCUT2D eigenvalue weighted by atomic mass is 19.1. The Morgan fingerprint density at radius 1 is 1.40 bits per heavy atom. The van der Waals surface area contributed by atoms with Crippen LogP contribution in [0.1, 0.15) is 23.8 Å². The summed E-state index contributed by atoms with van der Waals surface area (Å²) in [7, 11) is 0. The number of benzene rings is 1. The third-order valence-corrected chi connectivity index (χ3v) is 2.80. The largest absolute Gasteiger partial charge is 0.351 e. The monoisotopic (exact) mass is 276 g/mol. The van der Waals surface area contributed by atoms with E-state index in [0.717, 1.165) is 0 Å². The molecule has 1 aromatic carbocycles. The molecule has 1 unspecified atom stereocenters. The van der Waals surface area contributed by atoms with Crippen LogP contribution in [-0.2, 0) is 0 Å². The zero-order valence-electron chi connectivity index (χ0n) is 11.2. The highest BCUT2D eigenvalue weighted by molar-refractivity contribution is 5.92. The van der Waals surface area contributed by atoms with Crippen molar-refractivity contribution in [2.75, 3.05) is 6.54 Å². The molecule has 0 bridgehead atoms. The van der Waals surface area contributed by atoms with Crippen molar-refractivity contribution in [2.45, 2.75) is 19.4 Å². The van der Waals surface area contributed by atoms with Crippen LogP contribution in [0.15, 0.2) is 36.5 Å². The Labute approximate surface area is 116 Å². The maximum Gasteiger partial charge on any atom is 0.271 e. The first-order valence-corrected chi connectivity index (χ1v) is 6.41. The number of hydrogen-bond acceptors (Lipinski definition) is 3. The van der Waals surface area contributed by atoms with Gasteiger partial charge in [0.2, 0.25) is 0 Å². The summed E-state index contributed by atoms with van der Waals surface area (Å²) < 4.78 is 14.4. The second-order valence-corrected chi connectivity index (χ2v) is 4.64. The average Bonchev–Trinajstić information content (AvgIpc) is 2.88. The number of halogens is 1. The highest BCUT2D eigenvalue weighted by Gasteiger charge is 2.09. The molecule has 0 saturated carbocycles. The molecule has 0 fully saturated rings. The maximum atomic E-state index is 12.8. The molecule has 0 spiro atoms. The Morgan fingerprint density at radius 2 is 2.10 bits per heavy atom. The lowest BCUT2D eigenvalue weighted by atomic mass is 10.2. The van der Waals surface area contributed by atoms with Gasteiger partial charge in [0, 0.05) is 18.8 Å². The zero-order valence-corrected chi connectivity index (χ0v) is 11.2. The summed E-state index contributed by atoms with van der Waals surface area (Å²) in [6.45, 7) is 2.40. The Balaban J connectivity index is 2.01. The minimum Gasteiger partial charge on any atom is -0.351 e. The van der Waals surface area contributed by atoms with E-state index in [4.69, 9.17) is 5.73 Å². The van der Waals surface area contributed by atoms with Gasteiger partial charge < -0.3 is 11.1 Å². The van der Waals surface area contributed by atoms with E-state index in [1.165, 1.54) is 16.8 Å². The number of aromatic nitrogens is 2. The smallest absolute Gasteiger partial charge is 0.271 e. The van der Waals surface area contributed by atoms with Crippen LogP contribution in [-0.4, -0.2) is 28.3 Å². The van der Waals surface area contributed by atoms with Crippen molar-refractivity contribution >= 4 is 5.91 Å². The molecule has 1 atom stereocenters. The van der Waals surface area contributed by atoms with E-state index in [1.807, 2.05) is 6.92 Å². The number of nitrogens with zero attached hydrogens (tertiary/aromatic N) is 2. The molecule has 0 radical (unpaired) electrons. The Hall–Kier alpha value is -2.21. The van der Waals surface area contributed by atoms with Crippen molar-refractivity contribution in [3.05, 3.63) is 48.0 Å². The SMILES string of the molecule is CC(N)CCNC(=O)c1ccn(-c2ccc(F)cc2)n1. The minimum atomic E-state index is -0.310. The van der Waals surface area contributed by atoms with Gasteiger partial charge in [-0.25, -0.2) is 9.07 Å². The zero-order chi connectivity index (χ0) is 14.5. The molecule has 5 nitrogen and oxygen atoms in total. The average molecular weight is 276 g/mol. The normalized spacial score (nSPS) is 12.2. The second-order valence-electron chi connectivity index (χ2n) is 4.64. The van der Waals surface area contributed by atoms with E-state index in [2.05, 4.69) is 10.4 Å². The molecule has 0 aliphatic rings. The van der Waals surface area contributed by atoms with Crippen molar-refractivity contribution in [2.24, 2.45) is 5.73 Å². The van der Waals surface area contributed by atoms with Gasteiger partial charge in [0.15, 0.2) is 5.69 Å². The summed E-state index contributed by atoms with van der Waals surface area (Å²) in [5.41, 5.74) is 6.62. The van der Waals surface area contributed by atoms with E-state index >= 15 is 0 Å². The van der Waals surface area contributed by atoms with Crippen LogP contribution in [0, 0.1) is 5.82 Å². The first-order chi connectivity index (χ1) is 9.56. The van der Waals surface area contributed by atoms with E-state index in [0.29, 0.717) is 24.3 Å². The molecular weight excluding hydrogens is 259 g/mol. The quantitative estimate of drug-likeness (QED) is 0.868. The lowest BCUT2D eigenvalue weighted by Gasteiger charge is -2.05. The molecule has 106 valence electrons. The summed E-state index contributed by atoms with van der Waals surface area (Å²) in [6, 6.07) is 7.55. The van der Waals surface area contributed by atoms with E-state index in [9.17, 15) is 9.18 Å². The summed E-state index contributed by atoms with van der Waals surface area (Å²) in [5, 5.41) is 6.91. The predicted molar refractivity (Wildman–Crippen MR) is 74.1 cm³/mol. The van der Waals surface area contributed by atoms with Gasteiger partial charge in [-0.2, -0.15) is 5.10 Å². The van der Waals surface area contributed by atoms with Gasteiger partial charge in [0.05, 0.1) is 5.69 Å². The van der Waals surface area contributed by atoms with Crippen LogP contribution in [0.4, 0.5) is 4.39 Å². The summed E-state index contributed by atoms with van der Waals surface area (Å²) in [4.78, 5) is 11.8. The molecule has 1 amide bonds. The fourth-order valence-electron chi connectivity index (χ4n) is 1.69. The predicted octanol–water partition coefficient (Wildman–Crippen LogP) is 1.48. The number of amides is 1. The van der Waals surface area contributed by atoms with Crippen LogP contribution in [0.5, 0.6) is 0 Å². The first kappa shape index (κ1) is 14.2. The number of carbonyl (C=O) groups excluding carboxylic acids is 1. The van der Waals surface area contributed by atoms with Gasteiger partial charge >= 0.3 is 0 Å². The van der Waals surface area contributed by atoms with Crippen LogP contribution in [0.3, 0.4) is 0 Å². The summed E-state index contributed by atoms with van der Waals surface area (Å²) >= 11 is 0. The lowest BCUT2D eigenvalue weighted by molar-refractivity contribution is 0.0947. The van der Waals surface area contributed by atoms with Gasteiger partial charge in [-0.1, -0.05) is 0 Å². The van der Waals surface area contributed by atoms with Crippen molar-refractivity contribution in [1.29, 1.82) is 0 Å². The van der Waals surface area contributed by atoms with Crippen LogP contribution >= 0.6 is 0 Å². The summed E-state index contributed by atoms with van der Waals surface area (Å²) in [6.07, 6.45) is 2.37. The van der Waals surface area contributed by atoms with Gasteiger partial charge in [0.25, 0.3) is 5.91 Å². The maximum absolute atomic E-state index is 12.8. The molecule has 2 rings (SSSR count). The van der Waals surface area contributed by atoms with Crippen LogP contribution in [0.25, 0.3) is 5.69 Å². The Bertz CT molecular complexity index is 577. The lowest BCUT2D eigenvalue weighted by Crippen LogP contribution is -2.29. The van der Waals surface area contributed by atoms with Gasteiger partial charge in [0.1, 0.15) is 5.82 Å². The van der Waals surface area contributed by atoms with Crippen molar-refractivity contribution in [1.82, 2.24) is 15.1 Å². The Morgan fingerprint density at radius 3 is 2.75 bits per heavy atom. The number of rotatable bonds is 5. The Kier molecular flexibility index (Phi) is 4.47. The molecule has 1 heterocycles. The molecule has 2 aromatic rings. The molecule has 0 saturated heterocycles. The third-order valence-electron chi connectivity index (χ3n) is 2.80. The first-order valence-electron chi connectivity index (χ1n) is 6.41. The van der Waals surface area contributed by atoms with Gasteiger partial charge in [-0.05, 0) is 43.7 Å². The van der Waals surface area contributed by atoms with E-state index < -0.39 is 0 Å². The number of carbonyl (C=O) groups is 1. The number of hydrogen-bond donors (Lipinski definition) is 2. The summed E-state index contributed by atoms with van der Waals surface area (Å²) in [5.74, 6) is -0.554. The standard InChI is InChI=1S/C14H17FN4O/c1-10(16)6-8-17-14(20)13-7-9-19(18-13)12-4-2-11(15)3-5-12/h2-5,7,9-10H,6,8,16H2,1H3,(H,17,20). The van der Waals surface area contributed by atoms with Crippen LogP contribution in [0.2, 0.25) is 0 Å². The molecular formula is C14H17FN4O. The second kappa shape index (κ2) is 6.29. The van der Waals surface area contributed by atoms with Crippen molar-refractivity contribution < 1.29 is 9.18 Å². The van der Waals surface area contributed by atoms with Crippen molar-refractivity contribution in [3.63, 3.8) is 0 Å². The fourth-order valence-corrected chi connectivity index (χ4v) is 1.69. The molecule has 0 aliphatic carbocycles. The number of nitrogens with two attached hydrogens (primary N) is 1. The molecule has 6 heteroatoms. The van der Waals surface area contributed by atoms with Crippen molar-refractivity contribution in [3.8, 4) is 5.69 Å². The van der Waals surface area contributed by atoms with Crippen LogP contribution < -0.4 is 11.1 Å². The molecule has 1 aromatic heterocycles. The third kappa shape index (κ3) is 3.64.